The molecule has 3 rings (SSSR count). The van der Waals surface area contributed by atoms with Crippen LogP contribution < -0.4 is 9.64 Å². The third-order valence-corrected chi connectivity index (χ3v) is 4.43. The number of methoxy groups -OCH3 is 1. The van der Waals surface area contributed by atoms with Crippen molar-refractivity contribution in [2.45, 2.75) is 18.6 Å². The smallest absolute Gasteiger partial charge is 0.316 e. The number of fused-ring (bicyclic) bond motifs is 1. The number of thioether (sulfide) groups is 1. The Hall–Kier alpha value is -2.22. The van der Waals surface area contributed by atoms with Crippen molar-refractivity contribution in [1.29, 1.82) is 0 Å². The number of esters is 1. The van der Waals surface area contributed by atoms with Crippen LogP contribution in [0.15, 0.2) is 29.4 Å². The Morgan fingerprint density at radius 1 is 1.26 bits per heavy atom. The van der Waals surface area contributed by atoms with E-state index < -0.39 is 0 Å². The Balaban J connectivity index is 1.74. The van der Waals surface area contributed by atoms with E-state index in [0.29, 0.717) is 6.61 Å². The molecule has 1 aliphatic rings. The minimum absolute atomic E-state index is 0.234. The van der Waals surface area contributed by atoms with Crippen LogP contribution >= 0.6 is 11.8 Å². The van der Waals surface area contributed by atoms with Gasteiger partial charge in [-0.2, -0.15) is 0 Å². The quantitative estimate of drug-likeness (QED) is 0.592. The summed E-state index contributed by atoms with van der Waals surface area (Å²) in [5.41, 5.74) is 1.05. The van der Waals surface area contributed by atoms with Crippen LogP contribution in [0.3, 0.4) is 0 Å². The fourth-order valence-electron chi connectivity index (χ4n) is 2.40. The van der Waals surface area contributed by atoms with Crippen molar-refractivity contribution in [2.24, 2.45) is 0 Å². The van der Waals surface area contributed by atoms with Crippen molar-refractivity contribution in [3.63, 3.8) is 0 Å². The first-order valence-corrected chi connectivity index (χ1v) is 8.34. The van der Waals surface area contributed by atoms with Gasteiger partial charge >= 0.3 is 5.97 Å². The molecule has 8 heteroatoms. The van der Waals surface area contributed by atoms with Gasteiger partial charge in [0.25, 0.3) is 0 Å². The van der Waals surface area contributed by atoms with Gasteiger partial charge in [-0.05, 0) is 31.2 Å². The number of anilines is 2. The summed E-state index contributed by atoms with van der Waals surface area (Å²) >= 11 is 1.34. The first-order valence-electron chi connectivity index (χ1n) is 7.36. The summed E-state index contributed by atoms with van der Waals surface area (Å²) in [7, 11) is 1.38. The van der Waals surface area contributed by atoms with Crippen LogP contribution in [0.1, 0.15) is 6.92 Å². The van der Waals surface area contributed by atoms with E-state index in [0.717, 1.165) is 35.6 Å². The van der Waals surface area contributed by atoms with Crippen LogP contribution in [0.2, 0.25) is 0 Å². The summed E-state index contributed by atoms with van der Waals surface area (Å²) in [5.74, 6) is 1.61. The summed E-state index contributed by atoms with van der Waals surface area (Å²) in [6, 6.07) is 7.92. The average Bonchev–Trinajstić information content (AvgIpc) is 3.16. The van der Waals surface area contributed by atoms with Crippen molar-refractivity contribution in [3.05, 3.63) is 24.3 Å². The lowest BCUT2D eigenvalue weighted by Gasteiger charge is -2.15. The molecule has 7 nitrogen and oxygen atoms in total. The van der Waals surface area contributed by atoms with Gasteiger partial charge in [0.15, 0.2) is 5.16 Å². The molecule has 0 fully saturated rings. The maximum atomic E-state index is 11.3. The van der Waals surface area contributed by atoms with Crippen LogP contribution in [0.5, 0.6) is 5.75 Å². The lowest BCUT2D eigenvalue weighted by atomic mass is 10.3. The van der Waals surface area contributed by atoms with Gasteiger partial charge in [-0.3, -0.25) is 9.36 Å². The third-order valence-electron chi connectivity index (χ3n) is 3.49. The van der Waals surface area contributed by atoms with E-state index in [4.69, 9.17) is 4.74 Å². The van der Waals surface area contributed by atoms with E-state index in [1.54, 1.807) is 0 Å². The Morgan fingerprint density at radius 3 is 2.74 bits per heavy atom. The van der Waals surface area contributed by atoms with Gasteiger partial charge in [-0.25, -0.2) is 0 Å². The number of hydrogen-bond donors (Lipinski definition) is 0. The van der Waals surface area contributed by atoms with Crippen molar-refractivity contribution in [3.8, 4) is 5.75 Å². The number of hydrogen-bond acceptors (Lipinski definition) is 7. The minimum Gasteiger partial charge on any atom is -0.494 e. The molecule has 0 saturated heterocycles. The van der Waals surface area contributed by atoms with E-state index in [-0.39, 0.29) is 11.7 Å². The molecule has 0 radical (unpaired) electrons. The van der Waals surface area contributed by atoms with Crippen LogP contribution in [0.4, 0.5) is 11.6 Å². The lowest BCUT2D eigenvalue weighted by Crippen LogP contribution is -2.14. The van der Waals surface area contributed by atoms with Crippen molar-refractivity contribution < 1.29 is 14.3 Å². The zero-order valence-electron chi connectivity index (χ0n) is 13.1. The molecule has 1 aromatic heterocycles. The SMILES string of the molecule is CCOc1ccc(N2CCn3c(SCC(=O)OC)nnc32)cc1. The number of ether oxygens (including phenoxy) is 2. The maximum Gasteiger partial charge on any atom is 0.316 e. The average molecular weight is 334 g/mol. The molecule has 2 heterocycles. The number of carbonyl (C=O) groups excluding carboxylic acids is 1. The van der Waals surface area contributed by atoms with Gasteiger partial charge in [0.1, 0.15) is 5.75 Å². The molecule has 0 amide bonds. The normalized spacial score (nSPS) is 13.0. The zero-order valence-corrected chi connectivity index (χ0v) is 13.9. The van der Waals surface area contributed by atoms with E-state index in [1.165, 1.54) is 18.9 Å². The number of carbonyl (C=O) groups is 1. The molecule has 0 aliphatic carbocycles. The van der Waals surface area contributed by atoms with E-state index >= 15 is 0 Å². The van der Waals surface area contributed by atoms with Crippen LogP contribution in [0.25, 0.3) is 0 Å². The van der Waals surface area contributed by atoms with Crippen LogP contribution in [-0.2, 0) is 16.1 Å². The van der Waals surface area contributed by atoms with Gasteiger partial charge in [0.05, 0.1) is 19.5 Å². The second kappa shape index (κ2) is 6.91. The first kappa shape index (κ1) is 15.7. The molecule has 0 unspecified atom stereocenters. The van der Waals surface area contributed by atoms with Crippen molar-refractivity contribution in [2.75, 3.05) is 30.9 Å². The summed E-state index contributed by atoms with van der Waals surface area (Å²) in [6.07, 6.45) is 0. The summed E-state index contributed by atoms with van der Waals surface area (Å²) in [5, 5.41) is 9.16. The Labute approximate surface area is 138 Å². The third kappa shape index (κ3) is 3.26. The Morgan fingerprint density at radius 2 is 2.04 bits per heavy atom. The molecular weight excluding hydrogens is 316 g/mol. The predicted octanol–water partition coefficient (Wildman–Crippen LogP) is 2.09. The molecule has 0 spiro atoms. The fourth-order valence-corrected chi connectivity index (χ4v) is 3.19. The van der Waals surface area contributed by atoms with Crippen LogP contribution in [0, 0.1) is 0 Å². The largest absolute Gasteiger partial charge is 0.494 e. The molecule has 1 aromatic carbocycles. The molecule has 0 saturated carbocycles. The highest BCUT2D eigenvalue weighted by molar-refractivity contribution is 7.99. The summed E-state index contributed by atoms with van der Waals surface area (Å²) < 4.78 is 12.1. The van der Waals surface area contributed by atoms with E-state index in [9.17, 15) is 4.79 Å². The number of nitrogens with zero attached hydrogens (tertiary/aromatic N) is 4. The first-order chi connectivity index (χ1) is 11.2. The summed E-state index contributed by atoms with van der Waals surface area (Å²) in [4.78, 5) is 13.4. The van der Waals surface area contributed by atoms with Gasteiger partial charge < -0.3 is 14.4 Å². The molecule has 0 N–H and O–H groups in total. The molecule has 1 aliphatic heterocycles. The number of rotatable bonds is 6. The lowest BCUT2D eigenvalue weighted by molar-refractivity contribution is -0.137. The van der Waals surface area contributed by atoms with Crippen molar-refractivity contribution in [1.82, 2.24) is 14.8 Å². The second-order valence-electron chi connectivity index (χ2n) is 4.88. The highest BCUT2D eigenvalue weighted by atomic mass is 32.2. The maximum absolute atomic E-state index is 11.3. The second-order valence-corrected chi connectivity index (χ2v) is 5.82. The van der Waals surface area contributed by atoms with Crippen molar-refractivity contribution >= 4 is 29.4 Å². The Bertz CT molecular complexity index is 687. The molecular formula is C15H18N4O3S. The monoisotopic (exact) mass is 334 g/mol. The molecule has 2 aromatic rings. The van der Waals surface area contributed by atoms with Gasteiger partial charge in [0, 0.05) is 18.8 Å². The zero-order chi connectivity index (χ0) is 16.2. The topological polar surface area (TPSA) is 69.5 Å². The number of aromatic nitrogens is 3. The van der Waals surface area contributed by atoms with Gasteiger partial charge in [-0.1, -0.05) is 11.8 Å². The molecule has 23 heavy (non-hydrogen) atoms. The van der Waals surface area contributed by atoms with Crippen LogP contribution in [-0.4, -0.2) is 46.7 Å². The summed E-state index contributed by atoms with van der Waals surface area (Å²) in [6.45, 7) is 4.23. The predicted molar refractivity (Wildman–Crippen MR) is 87.4 cm³/mol. The van der Waals surface area contributed by atoms with Gasteiger partial charge in [0.2, 0.25) is 5.95 Å². The van der Waals surface area contributed by atoms with E-state index in [1.807, 2.05) is 35.8 Å². The highest BCUT2D eigenvalue weighted by Gasteiger charge is 2.26. The highest BCUT2D eigenvalue weighted by Crippen LogP contribution is 2.32. The standard InChI is InChI=1S/C15H18N4O3S/c1-3-22-12-6-4-11(5-7-12)18-8-9-19-14(18)16-17-15(19)23-10-13(20)21-2/h4-7H,3,8-10H2,1-2H3. The Kier molecular flexibility index (Phi) is 4.71. The van der Waals surface area contributed by atoms with E-state index in [2.05, 4.69) is 19.8 Å². The molecule has 0 atom stereocenters. The molecule has 122 valence electrons. The number of benzene rings is 1. The molecule has 0 bridgehead atoms. The van der Waals surface area contributed by atoms with Gasteiger partial charge in [-0.15, -0.1) is 10.2 Å². The fraction of sp³-hybridized carbons (Fsp3) is 0.400. The minimum atomic E-state index is -0.270.